The highest BCUT2D eigenvalue weighted by Crippen LogP contribution is 2.49. The van der Waals surface area contributed by atoms with Crippen LogP contribution < -0.4 is 4.90 Å². The Morgan fingerprint density at radius 3 is 2.00 bits per heavy atom. The van der Waals surface area contributed by atoms with Gasteiger partial charge in [-0.1, -0.05) is 23.9 Å². The molecule has 1 aliphatic heterocycles. The normalized spacial score (nSPS) is 13.5. The monoisotopic (exact) mass is 453 g/mol. The molecule has 0 radical (unpaired) electrons. The lowest BCUT2D eigenvalue weighted by atomic mass is 10.0. The van der Waals surface area contributed by atoms with E-state index in [-0.39, 0.29) is 18.2 Å². The van der Waals surface area contributed by atoms with Crippen molar-refractivity contribution in [1.82, 2.24) is 0 Å². The molecule has 31 heavy (non-hydrogen) atoms. The Morgan fingerprint density at radius 2 is 1.39 bits per heavy atom. The number of nitrogens with zero attached hydrogens (tertiary/aromatic N) is 1. The topological polar surface area (TPSA) is 20.3 Å². The van der Waals surface area contributed by atoms with E-state index < -0.39 is 23.5 Å². The number of rotatable bonds is 3. The van der Waals surface area contributed by atoms with Crippen LogP contribution in [0.2, 0.25) is 0 Å². The van der Waals surface area contributed by atoms with Crippen molar-refractivity contribution in [2.24, 2.45) is 0 Å². The number of carbonyl (C=O) groups excluding carboxylic acids is 1. The number of hydrogen-bond donors (Lipinski definition) is 0. The Kier molecular flexibility index (Phi) is 5.25. The molecule has 0 amide bonds. The van der Waals surface area contributed by atoms with Gasteiger partial charge in [0, 0.05) is 21.9 Å². The van der Waals surface area contributed by atoms with Gasteiger partial charge in [0.1, 0.15) is 6.29 Å². The largest absolute Gasteiger partial charge is 0.416 e. The maximum atomic E-state index is 13.3. The van der Waals surface area contributed by atoms with E-state index in [9.17, 15) is 31.1 Å². The van der Waals surface area contributed by atoms with E-state index in [1.807, 2.05) is 0 Å². The molecule has 1 aliphatic rings. The average molecular weight is 453 g/mol. The highest BCUT2D eigenvalue weighted by Gasteiger charge is 2.37. The zero-order valence-electron chi connectivity index (χ0n) is 15.6. The fourth-order valence-electron chi connectivity index (χ4n) is 3.39. The molecule has 0 bridgehead atoms. The summed E-state index contributed by atoms with van der Waals surface area (Å²) in [6, 6.07) is 13.5. The van der Waals surface area contributed by atoms with Gasteiger partial charge in [-0.2, -0.15) is 26.3 Å². The summed E-state index contributed by atoms with van der Waals surface area (Å²) in [4.78, 5) is 14.3. The third kappa shape index (κ3) is 4.27. The SMILES string of the molecule is O=Cc1ccc2c(c1)Sc1ccccc1N2Cc1cc(C(F)(F)F)cc(C(F)(F)F)c1. The molecule has 0 fully saturated rings. The molecule has 2 nitrogen and oxygen atoms in total. The number of benzene rings is 3. The van der Waals surface area contributed by atoms with E-state index in [2.05, 4.69) is 0 Å². The quantitative estimate of drug-likeness (QED) is 0.306. The maximum absolute atomic E-state index is 13.3. The predicted octanol–water partition coefficient (Wildman–Crippen LogP) is 7.34. The average Bonchev–Trinajstić information content (AvgIpc) is 2.71. The zero-order chi connectivity index (χ0) is 22.4. The van der Waals surface area contributed by atoms with Crippen LogP contribution in [0.15, 0.2) is 70.5 Å². The Bertz CT molecular complexity index is 1120. The van der Waals surface area contributed by atoms with Gasteiger partial charge >= 0.3 is 12.4 Å². The summed E-state index contributed by atoms with van der Waals surface area (Å²) in [6.45, 7) is -0.210. The maximum Gasteiger partial charge on any atom is 0.416 e. The molecule has 0 spiro atoms. The minimum absolute atomic E-state index is 0.119. The van der Waals surface area contributed by atoms with Crippen LogP contribution in [0.3, 0.4) is 0 Å². The fraction of sp³-hybridized carbons (Fsp3) is 0.136. The summed E-state index contributed by atoms with van der Waals surface area (Å²) in [5, 5.41) is 0. The molecule has 4 rings (SSSR count). The summed E-state index contributed by atoms with van der Waals surface area (Å²) in [6.07, 6.45) is -9.15. The third-order valence-corrected chi connectivity index (χ3v) is 5.89. The van der Waals surface area contributed by atoms with Crippen LogP contribution in [0.25, 0.3) is 0 Å². The molecule has 3 aromatic carbocycles. The summed E-state index contributed by atoms with van der Waals surface area (Å²) in [5.41, 5.74) is -1.16. The summed E-state index contributed by atoms with van der Waals surface area (Å²) >= 11 is 1.38. The van der Waals surface area contributed by atoms with E-state index in [4.69, 9.17) is 0 Å². The molecule has 0 saturated carbocycles. The van der Waals surface area contributed by atoms with Crippen LogP contribution in [-0.2, 0) is 18.9 Å². The lowest BCUT2D eigenvalue weighted by Crippen LogP contribution is -2.21. The Labute approximate surface area is 177 Å². The minimum atomic E-state index is -4.91. The number of fused-ring (bicyclic) bond motifs is 2. The molecule has 160 valence electrons. The van der Waals surface area contributed by atoms with E-state index in [1.54, 1.807) is 47.4 Å². The second-order valence-corrected chi connectivity index (χ2v) is 8.00. The van der Waals surface area contributed by atoms with Crippen LogP contribution in [0, 0.1) is 0 Å². The van der Waals surface area contributed by atoms with Crippen LogP contribution in [0.4, 0.5) is 37.7 Å². The Hall–Kier alpha value is -2.94. The number of aldehydes is 1. The van der Waals surface area contributed by atoms with Gasteiger partial charge in [0.05, 0.1) is 22.5 Å². The van der Waals surface area contributed by atoms with Crippen molar-refractivity contribution in [3.8, 4) is 0 Å². The van der Waals surface area contributed by atoms with E-state index in [0.29, 0.717) is 28.1 Å². The van der Waals surface area contributed by atoms with Crippen LogP contribution >= 0.6 is 11.8 Å². The van der Waals surface area contributed by atoms with Crippen molar-refractivity contribution in [1.29, 1.82) is 0 Å². The Balaban J connectivity index is 1.84. The van der Waals surface area contributed by atoms with Gasteiger partial charge in [0.15, 0.2) is 0 Å². The first-order valence-corrected chi connectivity index (χ1v) is 9.80. The molecule has 0 aromatic heterocycles. The van der Waals surface area contributed by atoms with Gasteiger partial charge in [0.25, 0.3) is 0 Å². The Morgan fingerprint density at radius 1 is 0.774 bits per heavy atom. The summed E-state index contributed by atoms with van der Waals surface area (Å²) in [5.74, 6) is 0. The lowest BCUT2D eigenvalue weighted by molar-refractivity contribution is -0.143. The number of carbonyl (C=O) groups is 1. The van der Waals surface area contributed by atoms with Crippen molar-refractivity contribution in [2.75, 3.05) is 4.90 Å². The van der Waals surface area contributed by atoms with Crippen molar-refractivity contribution in [3.63, 3.8) is 0 Å². The number of anilines is 2. The smallest absolute Gasteiger partial charge is 0.335 e. The molecule has 0 unspecified atom stereocenters. The van der Waals surface area contributed by atoms with Gasteiger partial charge in [-0.15, -0.1) is 0 Å². The molecule has 1 heterocycles. The van der Waals surface area contributed by atoms with E-state index in [0.717, 1.165) is 17.0 Å². The van der Waals surface area contributed by atoms with Crippen LogP contribution in [0.1, 0.15) is 27.0 Å². The third-order valence-electron chi connectivity index (χ3n) is 4.77. The first-order chi connectivity index (χ1) is 14.6. The van der Waals surface area contributed by atoms with Gasteiger partial charge < -0.3 is 4.90 Å². The van der Waals surface area contributed by atoms with Gasteiger partial charge in [0.2, 0.25) is 0 Å². The highest BCUT2D eigenvalue weighted by molar-refractivity contribution is 7.99. The molecule has 3 aromatic rings. The van der Waals surface area contributed by atoms with Gasteiger partial charge in [-0.25, -0.2) is 0 Å². The molecular formula is C22H13F6NOS. The summed E-state index contributed by atoms with van der Waals surface area (Å²) in [7, 11) is 0. The standard InChI is InChI=1S/C22H13F6NOS/c23-21(24,25)15-7-14(8-16(10-15)22(26,27)28)11-29-17-3-1-2-4-19(17)31-20-9-13(12-30)5-6-18(20)29/h1-10,12H,11H2. The van der Waals surface area contributed by atoms with Gasteiger partial charge in [-0.05, 0) is 54.1 Å². The van der Waals surface area contributed by atoms with Crippen LogP contribution in [0.5, 0.6) is 0 Å². The predicted molar refractivity (Wildman–Crippen MR) is 105 cm³/mol. The first kappa shape index (κ1) is 21.3. The molecular weight excluding hydrogens is 440 g/mol. The first-order valence-electron chi connectivity index (χ1n) is 8.98. The van der Waals surface area contributed by atoms with Crippen molar-refractivity contribution >= 4 is 29.4 Å². The second kappa shape index (κ2) is 7.64. The number of alkyl halides is 6. The fourth-order valence-corrected chi connectivity index (χ4v) is 4.53. The molecule has 9 heteroatoms. The lowest BCUT2D eigenvalue weighted by Gasteiger charge is -2.33. The summed E-state index contributed by atoms with van der Waals surface area (Å²) < 4.78 is 79.6. The highest BCUT2D eigenvalue weighted by atomic mass is 32.2. The van der Waals surface area contributed by atoms with Gasteiger partial charge in [-0.3, -0.25) is 4.79 Å². The minimum Gasteiger partial charge on any atom is -0.335 e. The molecule has 0 N–H and O–H groups in total. The molecule has 0 aliphatic carbocycles. The number of para-hydroxylation sites is 1. The van der Waals surface area contributed by atoms with Crippen LogP contribution in [-0.4, -0.2) is 6.29 Å². The number of hydrogen-bond acceptors (Lipinski definition) is 3. The molecule has 0 atom stereocenters. The second-order valence-electron chi connectivity index (χ2n) is 6.92. The van der Waals surface area contributed by atoms with E-state index in [1.165, 1.54) is 11.8 Å². The molecule has 0 saturated heterocycles. The zero-order valence-corrected chi connectivity index (χ0v) is 16.4. The van der Waals surface area contributed by atoms with Crippen molar-refractivity contribution in [3.05, 3.63) is 82.9 Å². The van der Waals surface area contributed by atoms with Crippen molar-refractivity contribution < 1.29 is 31.1 Å². The van der Waals surface area contributed by atoms with E-state index >= 15 is 0 Å². The van der Waals surface area contributed by atoms with Crippen molar-refractivity contribution in [2.45, 2.75) is 28.7 Å². The number of halogens is 6.